The minimum absolute atomic E-state index is 0.0184. The van der Waals surface area contributed by atoms with Crippen LogP contribution in [0.25, 0.3) is 0 Å². The highest BCUT2D eigenvalue weighted by molar-refractivity contribution is 6.03. The first kappa shape index (κ1) is 16.6. The van der Waals surface area contributed by atoms with Gasteiger partial charge in [0.05, 0.1) is 0 Å². The number of carbonyl (C=O) groups excluding carboxylic acids is 2. The molecule has 0 aromatic heterocycles. The lowest BCUT2D eigenvalue weighted by Crippen LogP contribution is -2.46. The summed E-state index contributed by atoms with van der Waals surface area (Å²) in [7, 11) is 0. The molecule has 2 aliphatic rings. The summed E-state index contributed by atoms with van der Waals surface area (Å²) in [5, 5.41) is 3.03. The molecule has 0 aliphatic carbocycles. The minimum Gasteiger partial charge on any atom is -0.369 e. The topological polar surface area (TPSA) is 52.7 Å². The molecule has 4 rings (SSSR count). The number of nitrogens with one attached hydrogen (secondary N) is 1. The largest absolute Gasteiger partial charge is 0.369 e. The summed E-state index contributed by atoms with van der Waals surface area (Å²) in [6.07, 6.45) is 2.06. The van der Waals surface area contributed by atoms with E-state index >= 15 is 0 Å². The third kappa shape index (κ3) is 3.17. The number of hydrogen-bond donors (Lipinski definition) is 1. The average molecular weight is 349 g/mol. The van der Waals surface area contributed by atoms with Crippen molar-refractivity contribution < 1.29 is 9.59 Å². The van der Waals surface area contributed by atoms with Gasteiger partial charge in [-0.1, -0.05) is 36.4 Å². The Hall–Kier alpha value is -2.82. The third-order valence-corrected chi connectivity index (χ3v) is 5.21. The average Bonchev–Trinajstić information content (AvgIpc) is 3.26. The van der Waals surface area contributed by atoms with Gasteiger partial charge in [0.25, 0.3) is 0 Å². The van der Waals surface area contributed by atoms with Crippen LogP contribution in [0.1, 0.15) is 18.4 Å². The highest BCUT2D eigenvalue weighted by Gasteiger charge is 2.36. The van der Waals surface area contributed by atoms with Crippen molar-refractivity contribution in [1.29, 1.82) is 0 Å². The van der Waals surface area contributed by atoms with Crippen molar-refractivity contribution in [2.45, 2.75) is 25.3 Å². The fourth-order valence-electron chi connectivity index (χ4n) is 3.92. The minimum atomic E-state index is -0.407. The molecule has 5 heteroatoms. The smallest absolute Gasteiger partial charge is 0.243 e. The van der Waals surface area contributed by atoms with Crippen LogP contribution in [0.2, 0.25) is 0 Å². The van der Waals surface area contributed by atoms with Gasteiger partial charge in [-0.05, 0) is 36.6 Å². The number of anilines is 2. The van der Waals surface area contributed by atoms with Crippen LogP contribution in [0.4, 0.5) is 11.4 Å². The Morgan fingerprint density at radius 3 is 2.65 bits per heavy atom. The fourth-order valence-corrected chi connectivity index (χ4v) is 3.92. The van der Waals surface area contributed by atoms with Crippen LogP contribution in [0.3, 0.4) is 0 Å². The number of rotatable bonds is 5. The van der Waals surface area contributed by atoms with Crippen LogP contribution in [-0.2, 0) is 16.0 Å². The standard InChI is InChI=1S/C21H23N3O2/c25-20-11-10-19(24(20)17-7-2-1-3-8-17)21(26)22-13-15-23-14-12-16-6-4-5-9-18(16)23/h1-9,19H,10-15H2,(H,22,26). The van der Waals surface area contributed by atoms with E-state index in [0.29, 0.717) is 19.4 Å². The van der Waals surface area contributed by atoms with E-state index in [0.717, 1.165) is 25.2 Å². The molecule has 0 bridgehead atoms. The molecule has 26 heavy (non-hydrogen) atoms. The Balaban J connectivity index is 1.36. The Labute approximate surface area is 153 Å². The van der Waals surface area contributed by atoms with Crippen molar-refractivity contribution in [3.63, 3.8) is 0 Å². The number of amides is 2. The van der Waals surface area contributed by atoms with Crippen LogP contribution < -0.4 is 15.1 Å². The second kappa shape index (κ2) is 7.20. The second-order valence-corrected chi connectivity index (χ2v) is 6.81. The van der Waals surface area contributed by atoms with E-state index in [1.807, 2.05) is 30.3 Å². The number of benzene rings is 2. The summed E-state index contributed by atoms with van der Waals surface area (Å²) in [5.41, 5.74) is 3.43. The van der Waals surface area contributed by atoms with Gasteiger partial charge in [-0.15, -0.1) is 0 Å². The third-order valence-electron chi connectivity index (χ3n) is 5.21. The van der Waals surface area contributed by atoms with Gasteiger partial charge in [-0.25, -0.2) is 0 Å². The van der Waals surface area contributed by atoms with Gasteiger partial charge in [0.1, 0.15) is 6.04 Å². The zero-order valence-electron chi connectivity index (χ0n) is 14.7. The van der Waals surface area contributed by atoms with Crippen molar-refractivity contribution in [3.05, 3.63) is 60.2 Å². The molecule has 1 fully saturated rings. The predicted octanol–water partition coefficient (Wildman–Crippen LogP) is 2.36. The van der Waals surface area contributed by atoms with Gasteiger partial charge in [0.15, 0.2) is 0 Å². The monoisotopic (exact) mass is 349 g/mol. The van der Waals surface area contributed by atoms with Gasteiger partial charge < -0.3 is 10.2 Å². The molecule has 1 N–H and O–H groups in total. The maximum atomic E-state index is 12.7. The van der Waals surface area contributed by atoms with E-state index in [2.05, 4.69) is 34.5 Å². The van der Waals surface area contributed by atoms with E-state index in [1.54, 1.807) is 4.90 Å². The van der Waals surface area contributed by atoms with Crippen LogP contribution in [0.5, 0.6) is 0 Å². The lowest BCUT2D eigenvalue weighted by molar-refractivity contribution is -0.123. The summed E-state index contributed by atoms with van der Waals surface area (Å²) in [6, 6.07) is 17.5. The van der Waals surface area contributed by atoms with Crippen molar-refractivity contribution >= 4 is 23.2 Å². The quantitative estimate of drug-likeness (QED) is 0.902. The first-order valence-corrected chi connectivity index (χ1v) is 9.22. The zero-order chi connectivity index (χ0) is 17.9. The Morgan fingerprint density at radius 2 is 1.81 bits per heavy atom. The number of fused-ring (bicyclic) bond motifs is 1. The van der Waals surface area contributed by atoms with Crippen molar-refractivity contribution in [1.82, 2.24) is 5.32 Å². The molecular formula is C21H23N3O2. The fraction of sp³-hybridized carbons (Fsp3) is 0.333. The number of hydrogen-bond acceptors (Lipinski definition) is 3. The van der Waals surface area contributed by atoms with Crippen LogP contribution in [0.15, 0.2) is 54.6 Å². The molecule has 134 valence electrons. The van der Waals surface area contributed by atoms with E-state index in [4.69, 9.17) is 0 Å². The Morgan fingerprint density at radius 1 is 1.04 bits per heavy atom. The molecule has 1 unspecified atom stereocenters. The molecule has 2 aromatic rings. The van der Waals surface area contributed by atoms with E-state index < -0.39 is 6.04 Å². The SMILES string of the molecule is O=C(NCCN1CCc2ccccc21)C1CCC(=O)N1c1ccccc1. The van der Waals surface area contributed by atoms with E-state index in [-0.39, 0.29) is 11.8 Å². The summed E-state index contributed by atoms with van der Waals surface area (Å²) in [5.74, 6) is -0.0444. The molecule has 2 aliphatic heterocycles. The number of para-hydroxylation sites is 2. The molecule has 0 radical (unpaired) electrons. The summed E-state index contributed by atoms with van der Waals surface area (Å²) in [6.45, 7) is 2.36. The normalized spacial score (nSPS) is 18.9. The Kier molecular flexibility index (Phi) is 4.61. The molecule has 2 heterocycles. The molecule has 2 aromatic carbocycles. The molecule has 0 saturated carbocycles. The van der Waals surface area contributed by atoms with Gasteiger partial charge in [0, 0.05) is 37.4 Å². The van der Waals surface area contributed by atoms with Gasteiger partial charge in [0.2, 0.25) is 11.8 Å². The second-order valence-electron chi connectivity index (χ2n) is 6.81. The van der Waals surface area contributed by atoms with E-state index in [9.17, 15) is 9.59 Å². The van der Waals surface area contributed by atoms with Crippen molar-refractivity contribution in [2.24, 2.45) is 0 Å². The van der Waals surface area contributed by atoms with Gasteiger partial charge in [-0.3, -0.25) is 14.5 Å². The maximum absolute atomic E-state index is 12.7. The predicted molar refractivity (Wildman–Crippen MR) is 102 cm³/mol. The highest BCUT2D eigenvalue weighted by atomic mass is 16.2. The lowest BCUT2D eigenvalue weighted by atomic mass is 10.2. The van der Waals surface area contributed by atoms with Crippen LogP contribution in [0, 0.1) is 0 Å². The van der Waals surface area contributed by atoms with Gasteiger partial charge in [-0.2, -0.15) is 0 Å². The highest BCUT2D eigenvalue weighted by Crippen LogP contribution is 2.28. The summed E-state index contributed by atoms with van der Waals surface area (Å²) in [4.78, 5) is 28.9. The summed E-state index contributed by atoms with van der Waals surface area (Å²) < 4.78 is 0. The lowest BCUT2D eigenvalue weighted by Gasteiger charge is -2.25. The molecule has 0 spiro atoms. The van der Waals surface area contributed by atoms with Crippen LogP contribution in [-0.4, -0.2) is 37.5 Å². The van der Waals surface area contributed by atoms with Gasteiger partial charge >= 0.3 is 0 Å². The first-order valence-electron chi connectivity index (χ1n) is 9.22. The van der Waals surface area contributed by atoms with Crippen molar-refractivity contribution in [2.75, 3.05) is 29.4 Å². The zero-order valence-corrected chi connectivity index (χ0v) is 14.7. The Bertz CT molecular complexity index is 806. The molecule has 1 saturated heterocycles. The molecule has 2 amide bonds. The van der Waals surface area contributed by atoms with E-state index in [1.165, 1.54) is 11.3 Å². The van der Waals surface area contributed by atoms with Crippen molar-refractivity contribution in [3.8, 4) is 0 Å². The number of nitrogens with zero attached hydrogens (tertiary/aromatic N) is 2. The molecule has 5 nitrogen and oxygen atoms in total. The molecular weight excluding hydrogens is 326 g/mol. The maximum Gasteiger partial charge on any atom is 0.243 e. The first-order chi connectivity index (χ1) is 12.7. The summed E-state index contributed by atoms with van der Waals surface area (Å²) >= 11 is 0. The number of carbonyl (C=O) groups is 2. The van der Waals surface area contributed by atoms with Crippen LogP contribution >= 0.6 is 0 Å². The molecule has 1 atom stereocenters.